The fourth-order valence-corrected chi connectivity index (χ4v) is 3.55. The number of thioether (sulfide) groups is 1. The Balaban J connectivity index is 1.55. The molecule has 3 rings (SSSR count). The number of ether oxygens (including phenoxy) is 1. The maximum atomic E-state index is 12.2. The molecule has 0 radical (unpaired) electrons. The number of aryl methyl sites for hydroxylation is 2. The Kier molecular flexibility index (Phi) is 6.59. The van der Waals surface area contributed by atoms with Crippen molar-refractivity contribution >= 4 is 35.0 Å². The van der Waals surface area contributed by atoms with Gasteiger partial charge in [0.2, 0.25) is 5.91 Å². The van der Waals surface area contributed by atoms with Crippen LogP contribution in [0.15, 0.2) is 47.6 Å². The average molecular weight is 417 g/mol. The minimum Gasteiger partial charge on any atom is -0.486 e. The second kappa shape index (κ2) is 9.12. The minimum absolute atomic E-state index is 0.158. The third kappa shape index (κ3) is 5.27. The molecule has 0 saturated carbocycles. The van der Waals surface area contributed by atoms with Crippen LogP contribution >= 0.6 is 23.4 Å². The van der Waals surface area contributed by atoms with E-state index in [1.54, 1.807) is 12.1 Å². The van der Waals surface area contributed by atoms with Gasteiger partial charge in [-0.15, -0.1) is 10.2 Å². The molecular formula is C20H21ClN4O2S. The summed E-state index contributed by atoms with van der Waals surface area (Å²) in [6, 6.07) is 13.2. The molecule has 0 unspecified atom stereocenters. The number of anilines is 1. The van der Waals surface area contributed by atoms with Crippen LogP contribution in [0, 0.1) is 13.8 Å². The summed E-state index contributed by atoms with van der Waals surface area (Å²) in [7, 11) is 1.86. The number of para-hydroxylation sites is 1. The highest BCUT2D eigenvalue weighted by molar-refractivity contribution is 7.99. The summed E-state index contributed by atoms with van der Waals surface area (Å²) < 4.78 is 7.67. The van der Waals surface area contributed by atoms with Crippen LogP contribution in [0.1, 0.15) is 17.0 Å². The van der Waals surface area contributed by atoms with Gasteiger partial charge in [0.15, 0.2) is 11.0 Å². The Labute approximate surface area is 173 Å². The molecule has 28 heavy (non-hydrogen) atoms. The Morgan fingerprint density at radius 1 is 1.18 bits per heavy atom. The fraction of sp³-hybridized carbons (Fsp3) is 0.250. The fourth-order valence-electron chi connectivity index (χ4n) is 2.64. The molecule has 0 fully saturated rings. The summed E-state index contributed by atoms with van der Waals surface area (Å²) in [6.45, 7) is 4.37. The Morgan fingerprint density at radius 2 is 1.89 bits per heavy atom. The first-order valence-corrected chi connectivity index (χ1v) is 10.1. The summed E-state index contributed by atoms with van der Waals surface area (Å²) in [5, 5.41) is 12.3. The van der Waals surface area contributed by atoms with Crippen molar-refractivity contribution in [3.05, 3.63) is 64.4 Å². The van der Waals surface area contributed by atoms with Crippen molar-refractivity contribution in [2.75, 3.05) is 11.1 Å². The van der Waals surface area contributed by atoms with E-state index < -0.39 is 0 Å². The highest BCUT2D eigenvalue weighted by Crippen LogP contribution is 2.22. The molecule has 8 heteroatoms. The van der Waals surface area contributed by atoms with Gasteiger partial charge in [0.1, 0.15) is 12.4 Å². The topological polar surface area (TPSA) is 69.0 Å². The summed E-state index contributed by atoms with van der Waals surface area (Å²) in [5.74, 6) is 1.53. The van der Waals surface area contributed by atoms with Gasteiger partial charge in [-0.25, -0.2) is 0 Å². The average Bonchev–Trinajstić information content (AvgIpc) is 2.99. The van der Waals surface area contributed by atoms with E-state index in [0.717, 1.165) is 16.9 Å². The van der Waals surface area contributed by atoms with E-state index >= 15 is 0 Å². The second-order valence-electron chi connectivity index (χ2n) is 6.39. The number of nitrogens with one attached hydrogen (secondary N) is 1. The largest absolute Gasteiger partial charge is 0.486 e. The molecule has 146 valence electrons. The Hall–Kier alpha value is -2.51. The van der Waals surface area contributed by atoms with Crippen LogP contribution in [0.4, 0.5) is 5.69 Å². The van der Waals surface area contributed by atoms with Gasteiger partial charge in [-0.1, -0.05) is 41.6 Å². The maximum absolute atomic E-state index is 12.2. The van der Waals surface area contributed by atoms with Crippen LogP contribution in [-0.4, -0.2) is 26.4 Å². The van der Waals surface area contributed by atoms with Crippen molar-refractivity contribution in [1.82, 2.24) is 14.8 Å². The highest BCUT2D eigenvalue weighted by Gasteiger charge is 2.13. The van der Waals surface area contributed by atoms with Crippen molar-refractivity contribution in [1.29, 1.82) is 0 Å². The first-order valence-electron chi connectivity index (χ1n) is 8.69. The van der Waals surface area contributed by atoms with Crippen molar-refractivity contribution in [3.8, 4) is 5.75 Å². The number of carbonyl (C=O) groups excluding carboxylic acids is 1. The van der Waals surface area contributed by atoms with E-state index in [9.17, 15) is 4.79 Å². The Bertz CT molecular complexity index is 970. The molecule has 1 N–H and O–H groups in total. The number of nitrogens with zero attached hydrogens (tertiary/aromatic N) is 3. The molecule has 0 spiro atoms. The van der Waals surface area contributed by atoms with Gasteiger partial charge in [-0.3, -0.25) is 4.79 Å². The first kappa shape index (κ1) is 20.2. The minimum atomic E-state index is -0.158. The molecular weight excluding hydrogens is 396 g/mol. The van der Waals surface area contributed by atoms with Gasteiger partial charge in [0.25, 0.3) is 0 Å². The molecule has 1 heterocycles. The molecule has 0 aliphatic carbocycles. The second-order valence-corrected chi connectivity index (χ2v) is 7.74. The van der Waals surface area contributed by atoms with Gasteiger partial charge in [0.05, 0.1) is 16.5 Å². The lowest BCUT2D eigenvalue weighted by atomic mass is 10.1. The third-order valence-corrected chi connectivity index (χ3v) is 5.32. The van der Waals surface area contributed by atoms with Crippen LogP contribution in [0.25, 0.3) is 0 Å². The van der Waals surface area contributed by atoms with Gasteiger partial charge in [-0.2, -0.15) is 0 Å². The van der Waals surface area contributed by atoms with Crippen molar-refractivity contribution < 1.29 is 9.53 Å². The summed E-state index contributed by atoms with van der Waals surface area (Å²) in [5.41, 5.74) is 2.89. The van der Waals surface area contributed by atoms with Gasteiger partial charge in [-0.05, 0) is 49.2 Å². The van der Waals surface area contributed by atoms with Crippen LogP contribution in [0.2, 0.25) is 5.02 Å². The predicted molar refractivity (Wildman–Crippen MR) is 112 cm³/mol. The van der Waals surface area contributed by atoms with Gasteiger partial charge in [0, 0.05) is 7.05 Å². The zero-order valence-corrected chi connectivity index (χ0v) is 17.5. The van der Waals surface area contributed by atoms with E-state index in [2.05, 4.69) is 21.6 Å². The van der Waals surface area contributed by atoms with E-state index in [-0.39, 0.29) is 11.7 Å². The first-order chi connectivity index (χ1) is 13.4. The third-order valence-electron chi connectivity index (χ3n) is 3.97. The lowest BCUT2D eigenvalue weighted by molar-refractivity contribution is -0.113. The van der Waals surface area contributed by atoms with Gasteiger partial charge < -0.3 is 14.6 Å². The molecule has 0 atom stereocenters. The summed E-state index contributed by atoms with van der Waals surface area (Å²) >= 11 is 7.36. The molecule has 0 aliphatic rings. The lowest BCUT2D eigenvalue weighted by Gasteiger charge is -2.09. The van der Waals surface area contributed by atoms with E-state index in [1.807, 2.05) is 49.7 Å². The SMILES string of the molecule is Cc1cc(C)cc(OCc2nnc(SCC(=O)Nc3ccccc3Cl)n2C)c1. The molecule has 3 aromatic rings. The molecule has 0 saturated heterocycles. The molecule has 1 amide bonds. The zero-order valence-electron chi connectivity index (χ0n) is 15.9. The van der Waals surface area contributed by atoms with Gasteiger partial charge >= 0.3 is 0 Å². The number of aromatic nitrogens is 3. The Morgan fingerprint density at radius 3 is 2.61 bits per heavy atom. The molecule has 1 aromatic heterocycles. The van der Waals surface area contributed by atoms with Crippen molar-refractivity contribution in [2.45, 2.75) is 25.6 Å². The molecule has 0 aliphatic heterocycles. The zero-order chi connectivity index (χ0) is 20.1. The van der Waals surface area contributed by atoms with E-state index in [0.29, 0.717) is 28.3 Å². The van der Waals surface area contributed by atoms with E-state index in [1.165, 1.54) is 11.8 Å². The number of halogens is 1. The number of rotatable bonds is 7. The monoisotopic (exact) mass is 416 g/mol. The summed E-state index contributed by atoms with van der Waals surface area (Å²) in [6.07, 6.45) is 0. The highest BCUT2D eigenvalue weighted by atomic mass is 35.5. The number of hydrogen-bond donors (Lipinski definition) is 1. The van der Waals surface area contributed by atoms with E-state index in [4.69, 9.17) is 16.3 Å². The number of benzene rings is 2. The summed E-state index contributed by atoms with van der Waals surface area (Å²) in [4.78, 5) is 12.2. The standard InChI is InChI=1S/C20H21ClN4O2S/c1-13-8-14(2)10-15(9-13)27-11-18-23-24-20(25(18)3)28-12-19(26)22-17-7-5-4-6-16(17)21/h4-10H,11-12H2,1-3H3,(H,22,26). The number of hydrogen-bond acceptors (Lipinski definition) is 5. The molecule has 0 bridgehead atoms. The number of carbonyl (C=O) groups is 1. The smallest absolute Gasteiger partial charge is 0.234 e. The maximum Gasteiger partial charge on any atom is 0.234 e. The van der Waals surface area contributed by atoms with Crippen LogP contribution in [-0.2, 0) is 18.4 Å². The quantitative estimate of drug-likeness (QED) is 0.578. The normalized spacial score (nSPS) is 10.7. The lowest BCUT2D eigenvalue weighted by Crippen LogP contribution is -2.14. The molecule has 2 aromatic carbocycles. The van der Waals surface area contributed by atoms with Crippen molar-refractivity contribution in [2.24, 2.45) is 7.05 Å². The van der Waals surface area contributed by atoms with Crippen molar-refractivity contribution in [3.63, 3.8) is 0 Å². The number of amides is 1. The van der Waals surface area contributed by atoms with Crippen LogP contribution in [0.3, 0.4) is 0 Å². The molecule has 6 nitrogen and oxygen atoms in total. The van der Waals surface area contributed by atoms with Crippen LogP contribution in [0.5, 0.6) is 5.75 Å². The predicted octanol–water partition coefficient (Wildman–Crippen LogP) is 4.40. The van der Waals surface area contributed by atoms with Crippen LogP contribution < -0.4 is 10.1 Å².